The number of hydrogen-bond acceptors (Lipinski definition) is 7. The van der Waals surface area contributed by atoms with E-state index >= 15 is 0 Å². The number of benzene rings is 1. The fourth-order valence-corrected chi connectivity index (χ4v) is 5.15. The lowest BCUT2D eigenvalue weighted by atomic mass is 9.95. The number of rotatable bonds is 6. The van der Waals surface area contributed by atoms with Gasteiger partial charge in [0, 0.05) is 72.6 Å². The van der Waals surface area contributed by atoms with Crippen molar-refractivity contribution < 1.29 is 9.53 Å². The van der Waals surface area contributed by atoms with Gasteiger partial charge in [0.15, 0.2) is 5.82 Å². The maximum Gasteiger partial charge on any atom is 0.272 e. The molecule has 1 aromatic carbocycles. The van der Waals surface area contributed by atoms with Crippen molar-refractivity contribution in [1.29, 1.82) is 0 Å². The molecule has 2 aliphatic rings. The number of nitrogens with zero attached hydrogens (tertiary/aromatic N) is 6. The zero-order valence-electron chi connectivity index (χ0n) is 21.4. The van der Waals surface area contributed by atoms with Crippen molar-refractivity contribution in [2.24, 2.45) is 24.6 Å². The average Bonchev–Trinajstić information content (AvgIpc) is 3.22. The Morgan fingerprint density at radius 1 is 1.05 bits per heavy atom. The lowest BCUT2D eigenvalue weighted by molar-refractivity contribution is 0.0740. The van der Waals surface area contributed by atoms with E-state index in [1.54, 1.807) is 36.3 Å². The molecule has 38 heavy (non-hydrogen) atoms. The zero-order valence-corrected chi connectivity index (χ0v) is 22.1. The summed E-state index contributed by atoms with van der Waals surface area (Å²) in [6, 6.07) is 15.0. The second-order valence-electron chi connectivity index (χ2n) is 10.5. The summed E-state index contributed by atoms with van der Waals surface area (Å²) in [5.41, 5.74) is 9.62. The first-order valence-electron chi connectivity index (χ1n) is 12.5. The van der Waals surface area contributed by atoms with E-state index in [2.05, 4.69) is 15.1 Å². The van der Waals surface area contributed by atoms with Crippen molar-refractivity contribution in [3.05, 3.63) is 77.2 Å². The summed E-state index contributed by atoms with van der Waals surface area (Å²) in [5, 5.41) is 5.10. The molecule has 3 aromatic heterocycles. The molecule has 194 valence electrons. The molecule has 9 nitrogen and oxygen atoms in total. The van der Waals surface area contributed by atoms with Gasteiger partial charge >= 0.3 is 0 Å². The Labute approximate surface area is 225 Å². The van der Waals surface area contributed by atoms with Crippen LogP contribution in [0.1, 0.15) is 29.9 Å². The molecule has 1 saturated heterocycles. The number of aryl methyl sites for hydroxylation is 1. The van der Waals surface area contributed by atoms with Gasteiger partial charge in [0.1, 0.15) is 17.5 Å². The Morgan fingerprint density at radius 3 is 2.39 bits per heavy atom. The molecular formula is C28H28ClN7O2. The summed E-state index contributed by atoms with van der Waals surface area (Å²) in [6.45, 7) is 5.17. The molecule has 10 heteroatoms. The maximum atomic E-state index is 13.3. The monoisotopic (exact) mass is 529 g/mol. The third-order valence-corrected chi connectivity index (χ3v) is 7.49. The Bertz CT molecular complexity index is 1490. The Kier molecular flexibility index (Phi) is 5.92. The third kappa shape index (κ3) is 4.63. The molecule has 2 unspecified atom stereocenters. The van der Waals surface area contributed by atoms with E-state index in [9.17, 15) is 4.79 Å². The summed E-state index contributed by atoms with van der Waals surface area (Å²) >= 11 is 6.07. The van der Waals surface area contributed by atoms with E-state index in [-0.39, 0.29) is 23.8 Å². The van der Waals surface area contributed by atoms with E-state index < -0.39 is 5.54 Å². The highest BCUT2D eigenvalue weighted by Gasteiger charge is 2.59. The zero-order chi connectivity index (χ0) is 26.6. The topological polar surface area (TPSA) is 112 Å². The first kappa shape index (κ1) is 24.5. The predicted molar refractivity (Wildman–Crippen MR) is 143 cm³/mol. The molecule has 1 amide bonds. The Balaban J connectivity index is 1.16. The van der Waals surface area contributed by atoms with Crippen molar-refractivity contribution in [2.75, 3.05) is 13.1 Å². The lowest BCUT2D eigenvalue weighted by Gasteiger charge is -2.22. The van der Waals surface area contributed by atoms with Gasteiger partial charge in [-0.05, 0) is 43.7 Å². The van der Waals surface area contributed by atoms with Crippen molar-refractivity contribution >= 4 is 17.5 Å². The Morgan fingerprint density at radius 2 is 1.74 bits per heavy atom. The maximum absolute atomic E-state index is 13.3. The van der Waals surface area contributed by atoms with Gasteiger partial charge in [0.05, 0.1) is 5.69 Å². The number of nitrogens with two attached hydrogens (primary N) is 1. The standard InChI is InChI=1S/C28H28ClN7O2/c1-28(2,30)17-11-21(16-5-7-18(29)8-6-16)33-24(12-17)38-25-19-14-36(15-20(19)25)27(37)23-13-22(34-35(23)3)26-31-9-4-10-32-26/h4-13,19-20,25H,14-15,30H2,1-3H3. The number of aromatic nitrogens is 5. The molecule has 1 aliphatic heterocycles. The third-order valence-electron chi connectivity index (χ3n) is 7.24. The van der Waals surface area contributed by atoms with Crippen molar-refractivity contribution in [1.82, 2.24) is 29.6 Å². The molecule has 1 aliphatic carbocycles. The highest BCUT2D eigenvalue weighted by atomic mass is 35.5. The van der Waals surface area contributed by atoms with Gasteiger partial charge < -0.3 is 15.4 Å². The van der Waals surface area contributed by atoms with Crippen LogP contribution in [0.15, 0.2) is 60.9 Å². The summed E-state index contributed by atoms with van der Waals surface area (Å²) in [4.78, 5) is 28.4. The number of ether oxygens (including phenoxy) is 1. The van der Waals surface area contributed by atoms with E-state index in [4.69, 9.17) is 27.1 Å². The number of halogens is 1. The quantitative estimate of drug-likeness (QED) is 0.402. The summed E-state index contributed by atoms with van der Waals surface area (Å²) in [6.07, 6.45) is 3.33. The minimum absolute atomic E-state index is 0.0144. The van der Waals surface area contributed by atoms with Crippen LogP contribution in [0.3, 0.4) is 0 Å². The summed E-state index contributed by atoms with van der Waals surface area (Å²) < 4.78 is 7.96. The summed E-state index contributed by atoms with van der Waals surface area (Å²) in [5.74, 6) is 1.51. The minimum Gasteiger partial charge on any atom is -0.474 e. The Hall–Kier alpha value is -3.82. The molecule has 0 spiro atoms. The number of carbonyl (C=O) groups excluding carboxylic acids is 1. The second-order valence-corrected chi connectivity index (χ2v) is 11.0. The van der Waals surface area contributed by atoms with Crippen LogP contribution in [0.2, 0.25) is 5.02 Å². The normalized spacial score (nSPS) is 20.3. The van der Waals surface area contributed by atoms with Crippen molar-refractivity contribution in [3.63, 3.8) is 0 Å². The van der Waals surface area contributed by atoms with Crippen LogP contribution < -0.4 is 10.5 Å². The number of piperidine rings is 1. The smallest absolute Gasteiger partial charge is 0.272 e. The highest BCUT2D eigenvalue weighted by molar-refractivity contribution is 6.30. The van der Waals surface area contributed by atoms with Crippen molar-refractivity contribution in [2.45, 2.75) is 25.5 Å². The number of pyridine rings is 1. The second kappa shape index (κ2) is 9.18. The molecule has 0 bridgehead atoms. The number of carbonyl (C=O) groups is 1. The van der Waals surface area contributed by atoms with Crippen LogP contribution in [0.4, 0.5) is 0 Å². The van der Waals surface area contributed by atoms with Gasteiger partial charge in [0.25, 0.3) is 5.91 Å². The minimum atomic E-state index is -0.558. The molecule has 4 heterocycles. The van der Waals surface area contributed by atoms with Crippen LogP contribution in [-0.4, -0.2) is 54.7 Å². The van der Waals surface area contributed by atoms with Crippen LogP contribution in [0.5, 0.6) is 5.88 Å². The van der Waals surface area contributed by atoms with E-state index in [0.717, 1.165) is 16.8 Å². The fraction of sp³-hybridized carbons (Fsp3) is 0.321. The first-order valence-corrected chi connectivity index (χ1v) is 12.9. The number of likely N-dealkylation sites (tertiary alicyclic amines) is 1. The molecule has 2 fully saturated rings. The molecule has 6 rings (SSSR count). The number of hydrogen-bond donors (Lipinski definition) is 1. The van der Waals surface area contributed by atoms with Gasteiger partial charge in [-0.3, -0.25) is 9.48 Å². The van der Waals surface area contributed by atoms with Gasteiger partial charge in [-0.1, -0.05) is 23.7 Å². The average molecular weight is 530 g/mol. The predicted octanol–water partition coefficient (Wildman–Crippen LogP) is 3.94. The summed E-state index contributed by atoms with van der Waals surface area (Å²) in [7, 11) is 1.76. The SMILES string of the molecule is Cn1nc(-c2ncccn2)cc1C(=O)N1CC2C(C1)C2Oc1cc(C(C)(C)N)cc(-c2ccc(Cl)cc2)n1. The van der Waals surface area contributed by atoms with Gasteiger partial charge in [0.2, 0.25) is 5.88 Å². The van der Waals surface area contributed by atoms with E-state index in [0.29, 0.717) is 41.2 Å². The van der Waals surface area contributed by atoms with Crippen molar-refractivity contribution in [3.8, 4) is 28.7 Å². The molecule has 2 atom stereocenters. The van der Waals surface area contributed by atoms with Crippen LogP contribution >= 0.6 is 11.6 Å². The van der Waals surface area contributed by atoms with Crippen LogP contribution in [0.25, 0.3) is 22.8 Å². The molecular weight excluding hydrogens is 502 g/mol. The molecule has 0 radical (unpaired) electrons. The molecule has 1 saturated carbocycles. The number of fused-ring (bicyclic) bond motifs is 1. The van der Waals surface area contributed by atoms with Gasteiger partial charge in [-0.25, -0.2) is 15.0 Å². The molecule has 2 N–H and O–H groups in total. The highest BCUT2D eigenvalue weighted by Crippen LogP contribution is 2.48. The first-order chi connectivity index (χ1) is 18.2. The van der Waals surface area contributed by atoms with E-state index in [1.165, 1.54) is 0 Å². The van der Waals surface area contributed by atoms with E-state index in [1.807, 2.05) is 55.1 Å². The van der Waals surface area contributed by atoms with Crippen LogP contribution in [-0.2, 0) is 12.6 Å². The fourth-order valence-electron chi connectivity index (χ4n) is 5.03. The van der Waals surface area contributed by atoms with Gasteiger partial charge in [-0.2, -0.15) is 5.10 Å². The molecule has 4 aromatic rings. The lowest BCUT2D eigenvalue weighted by Crippen LogP contribution is -2.34. The van der Waals surface area contributed by atoms with Crippen LogP contribution in [0, 0.1) is 11.8 Å². The number of amides is 1. The van der Waals surface area contributed by atoms with Gasteiger partial charge in [-0.15, -0.1) is 0 Å². The largest absolute Gasteiger partial charge is 0.474 e.